The molecule has 1 fully saturated rings. The van der Waals surface area contributed by atoms with Gasteiger partial charge in [-0.15, -0.1) is 0 Å². The quantitative estimate of drug-likeness (QED) is 0.515. The molecule has 0 heterocycles. The van der Waals surface area contributed by atoms with Gasteiger partial charge in [-0.25, -0.2) is 0 Å². The van der Waals surface area contributed by atoms with Crippen LogP contribution in [-0.2, 0) is 19.0 Å². The van der Waals surface area contributed by atoms with Crippen molar-refractivity contribution in [3.8, 4) is 0 Å². The predicted molar refractivity (Wildman–Crippen MR) is 55.2 cm³/mol. The first-order chi connectivity index (χ1) is 7.00. The van der Waals surface area contributed by atoms with Crippen molar-refractivity contribution in [3.05, 3.63) is 0 Å². The maximum Gasteiger partial charge on any atom is 0.309 e. The van der Waals surface area contributed by atoms with Crippen molar-refractivity contribution in [2.45, 2.75) is 27.1 Å². The number of carbonyl (C=O) groups excluding carboxylic acids is 1. The fourth-order valence-electron chi connectivity index (χ4n) is 2.26. The molecule has 0 N–H and O–H groups in total. The number of esters is 1. The molecule has 88 valence electrons. The number of methoxy groups -OCH3 is 2. The van der Waals surface area contributed by atoms with E-state index in [1.54, 1.807) is 14.2 Å². The zero-order chi connectivity index (χ0) is 11.6. The van der Waals surface area contributed by atoms with Crippen LogP contribution >= 0.6 is 0 Å². The Kier molecular flexibility index (Phi) is 3.73. The minimum absolute atomic E-state index is 0.0894. The van der Waals surface area contributed by atoms with Crippen molar-refractivity contribution >= 4 is 5.97 Å². The highest BCUT2D eigenvalue weighted by Gasteiger charge is 2.66. The topological polar surface area (TPSA) is 44.8 Å². The molecule has 2 unspecified atom stereocenters. The first-order valence-corrected chi connectivity index (χ1v) is 5.22. The summed E-state index contributed by atoms with van der Waals surface area (Å²) in [4.78, 5) is 11.6. The average molecular weight is 216 g/mol. The molecule has 0 saturated heterocycles. The molecule has 1 rings (SSSR count). The van der Waals surface area contributed by atoms with Crippen LogP contribution in [0.15, 0.2) is 0 Å². The van der Waals surface area contributed by atoms with Gasteiger partial charge in [0.2, 0.25) is 0 Å². The van der Waals surface area contributed by atoms with Gasteiger partial charge in [-0.05, 0) is 12.3 Å². The Morgan fingerprint density at radius 3 is 2.27 bits per heavy atom. The molecule has 0 bridgehead atoms. The molecule has 0 aromatic carbocycles. The number of carbonyl (C=O) groups is 1. The maximum atomic E-state index is 11.6. The second kappa shape index (κ2) is 4.49. The Hall–Kier alpha value is -0.610. The largest absolute Gasteiger partial charge is 0.466 e. The minimum atomic E-state index is -0.325. The van der Waals surface area contributed by atoms with Crippen LogP contribution in [-0.4, -0.2) is 33.1 Å². The minimum Gasteiger partial charge on any atom is -0.466 e. The molecule has 0 radical (unpaired) electrons. The monoisotopic (exact) mass is 216 g/mol. The van der Waals surface area contributed by atoms with Gasteiger partial charge in [-0.1, -0.05) is 13.8 Å². The molecule has 4 nitrogen and oxygen atoms in total. The fourth-order valence-corrected chi connectivity index (χ4v) is 2.26. The molecule has 2 atom stereocenters. The van der Waals surface area contributed by atoms with Crippen LogP contribution in [0.3, 0.4) is 0 Å². The van der Waals surface area contributed by atoms with Crippen molar-refractivity contribution in [2.24, 2.45) is 17.3 Å². The summed E-state index contributed by atoms with van der Waals surface area (Å²) in [5, 5.41) is 0. The normalized spacial score (nSPS) is 27.9. The molecule has 1 saturated carbocycles. The summed E-state index contributed by atoms with van der Waals surface area (Å²) in [6.07, 6.45) is -0.325. The van der Waals surface area contributed by atoms with E-state index in [-0.39, 0.29) is 29.5 Å². The van der Waals surface area contributed by atoms with Gasteiger partial charge in [0.05, 0.1) is 12.5 Å². The zero-order valence-electron chi connectivity index (χ0n) is 10.1. The Balaban J connectivity index is 2.65. The lowest BCUT2D eigenvalue weighted by Gasteiger charge is -2.14. The van der Waals surface area contributed by atoms with Crippen LogP contribution in [0.25, 0.3) is 0 Å². The van der Waals surface area contributed by atoms with Gasteiger partial charge in [0.15, 0.2) is 6.29 Å². The van der Waals surface area contributed by atoms with E-state index in [2.05, 4.69) is 0 Å². The van der Waals surface area contributed by atoms with E-state index in [0.717, 1.165) is 0 Å². The van der Waals surface area contributed by atoms with Gasteiger partial charge in [0, 0.05) is 20.1 Å². The van der Waals surface area contributed by atoms with Crippen LogP contribution in [0.1, 0.15) is 20.8 Å². The second-order valence-corrected chi connectivity index (χ2v) is 4.42. The Bertz CT molecular complexity index is 233. The molecular weight excluding hydrogens is 196 g/mol. The van der Waals surface area contributed by atoms with E-state index in [4.69, 9.17) is 14.2 Å². The van der Waals surface area contributed by atoms with Crippen molar-refractivity contribution in [1.29, 1.82) is 0 Å². The van der Waals surface area contributed by atoms with Gasteiger partial charge in [0.25, 0.3) is 0 Å². The molecular formula is C11H20O4. The smallest absolute Gasteiger partial charge is 0.309 e. The standard InChI is InChI=1S/C11H20O4/c1-6-15-9(12)7-8(11(7,2)3)10(13-4)14-5/h7-8,10H,6H2,1-5H3. The van der Waals surface area contributed by atoms with Crippen LogP contribution in [0.4, 0.5) is 0 Å². The van der Waals surface area contributed by atoms with Gasteiger partial charge >= 0.3 is 5.97 Å². The summed E-state index contributed by atoms with van der Waals surface area (Å²) in [6.45, 7) is 6.30. The Labute approximate surface area is 90.9 Å². The molecule has 1 aliphatic rings. The summed E-state index contributed by atoms with van der Waals surface area (Å²) in [6, 6.07) is 0. The first kappa shape index (κ1) is 12.5. The van der Waals surface area contributed by atoms with Crippen molar-refractivity contribution in [1.82, 2.24) is 0 Å². The Morgan fingerprint density at radius 1 is 1.33 bits per heavy atom. The number of hydrogen-bond donors (Lipinski definition) is 0. The van der Waals surface area contributed by atoms with Crippen molar-refractivity contribution < 1.29 is 19.0 Å². The number of rotatable bonds is 5. The number of ether oxygens (including phenoxy) is 3. The SMILES string of the molecule is CCOC(=O)C1C(C(OC)OC)C1(C)C. The second-order valence-electron chi connectivity index (χ2n) is 4.42. The summed E-state index contributed by atoms with van der Waals surface area (Å²) in [7, 11) is 3.18. The van der Waals surface area contributed by atoms with E-state index in [1.807, 2.05) is 20.8 Å². The summed E-state index contributed by atoms with van der Waals surface area (Å²) < 4.78 is 15.4. The third kappa shape index (κ3) is 2.16. The predicted octanol–water partition coefficient (Wildman–Crippen LogP) is 1.44. The highest BCUT2D eigenvalue weighted by Crippen LogP contribution is 2.60. The lowest BCUT2D eigenvalue weighted by Crippen LogP contribution is -2.20. The fraction of sp³-hybridized carbons (Fsp3) is 0.909. The van der Waals surface area contributed by atoms with Crippen LogP contribution in [0, 0.1) is 17.3 Å². The zero-order valence-corrected chi connectivity index (χ0v) is 10.1. The van der Waals surface area contributed by atoms with Crippen LogP contribution in [0.2, 0.25) is 0 Å². The molecule has 0 aliphatic heterocycles. The number of hydrogen-bond acceptors (Lipinski definition) is 4. The van der Waals surface area contributed by atoms with Crippen LogP contribution in [0.5, 0.6) is 0 Å². The van der Waals surface area contributed by atoms with E-state index < -0.39 is 0 Å². The van der Waals surface area contributed by atoms with E-state index in [0.29, 0.717) is 6.61 Å². The highest BCUT2D eigenvalue weighted by atomic mass is 16.7. The third-order valence-corrected chi connectivity index (χ3v) is 3.21. The molecule has 0 aromatic rings. The van der Waals surface area contributed by atoms with Crippen LogP contribution < -0.4 is 0 Å². The van der Waals surface area contributed by atoms with Gasteiger partial charge in [-0.3, -0.25) is 4.79 Å². The Morgan fingerprint density at radius 2 is 1.87 bits per heavy atom. The van der Waals surface area contributed by atoms with Gasteiger partial charge in [-0.2, -0.15) is 0 Å². The van der Waals surface area contributed by atoms with Gasteiger partial charge < -0.3 is 14.2 Å². The van der Waals surface area contributed by atoms with E-state index >= 15 is 0 Å². The van der Waals surface area contributed by atoms with Crippen molar-refractivity contribution in [2.75, 3.05) is 20.8 Å². The van der Waals surface area contributed by atoms with E-state index in [1.165, 1.54) is 0 Å². The molecule has 0 amide bonds. The molecule has 4 heteroatoms. The molecule has 1 aliphatic carbocycles. The maximum absolute atomic E-state index is 11.6. The third-order valence-electron chi connectivity index (χ3n) is 3.21. The highest BCUT2D eigenvalue weighted by molar-refractivity contribution is 5.77. The van der Waals surface area contributed by atoms with Crippen molar-refractivity contribution in [3.63, 3.8) is 0 Å². The summed E-state index contributed by atoms with van der Waals surface area (Å²) in [5.74, 6) is -0.166. The lowest BCUT2D eigenvalue weighted by atomic mass is 10.1. The molecule has 0 spiro atoms. The average Bonchev–Trinajstić information content (AvgIpc) is 2.72. The lowest BCUT2D eigenvalue weighted by molar-refractivity contribution is -0.150. The first-order valence-electron chi connectivity index (χ1n) is 5.22. The summed E-state index contributed by atoms with van der Waals surface area (Å²) >= 11 is 0. The molecule has 15 heavy (non-hydrogen) atoms. The summed E-state index contributed by atoms with van der Waals surface area (Å²) in [5.41, 5.74) is -0.0943. The van der Waals surface area contributed by atoms with E-state index in [9.17, 15) is 4.79 Å². The molecule has 0 aromatic heterocycles. The van der Waals surface area contributed by atoms with Gasteiger partial charge in [0.1, 0.15) is 0 Å².